The minimum atomic E-state index is -0.412. The third kappa shape index (κ3) is 6.70. The molecule has 0 aliphatic heterocycles. The van der Waals surface area contributed by atoms with Crippen LogP contribution in [0.3, 0.4) is 0 Å². The summed E-state index contributed by atoms with van der Waals surface area (Å²) in [5.41, 5.74) is 4.42. The normalized spacial score (nSPS) is 10.9. The standard InChI is InChI=1S/C20H22BrN3O4/c1-13-10-15(8-9-16(13)21)28-12-20(26)24-23-14(2)11-19(25)22-17-6-4-5-7-18(17)27-3/h4-10H,11-12H2,1-3H3,(H,22,25)(H,24,26)/b23-14+. The van der Waals surface area contributed by atoms with Crippen LogP contribution in [-0.4, -0.2) is 31.2 Å². The van der Waals surface area contributed by atoms with Gasteiger partial charge < -0.3 is 14.8 Å². The van der Waals surface area contributed by atoms with Gasteiger partial charge >= 0.3 is 0 Å². The maximum absolute atomic E-state index is 12.1. The Morgan fingerprint density at radius 1 is 1.14 bits per heavy atom. The molecule has 2 aromatic rings. The van der Waals surface area contributed by atoms with Crippen molar-refractivity contribution in [1.82, 2.24) is 5.43 Å². The number of nitrogens with one attached hydrogen (secondary N) is 2. The number of amides is 2. The van der Waals surface area contributed by atoms with E-state index in [1.807, 2.05) is 25.1 Å². The monoisotopic (exact) mass is 447 g/mol. The number of carbonyl (C=O) groups is 2. The number of methoxy groups -OCH3 is 1. The number of halogens is 1. The average Bonchev–Trinajstić information content (AvgIpc) is 2.67. The molecule has 0 fully saturated rings. The second kappa shape index (κ2) is 10.5. The largest absolute Gasteiger partial charge is 0.495 e. The molecule has 2 N–H and O–H groups in total. The minimum absolute atomic E-state index is 0.0328. The van der Waals surface area contributed by atoms with Crippen molar-refractivity contribution in [2.24, 2.45) is 5.10 Å². The molecule has 0 spiro atoms. The van der Waals surface area contributed by atoms with Crippen molar-refractivity contribution in [3.05, 3.63) is 52.5 Å². The third-order valence-corrected chi connectivity index (χ3v) is 4.56. The van der Waals surface area contributed by atoms with E-state index in [0.717, 1.165) is 10.0 Å². The molecule has 0 aliphatic rings. The summed E-state index contributed by atoms with van der Waals surface area (Å²) in [5, 5.41) is 6.68. The fourth-order valence-electron chi connectivity index (χ4n) is 2.26. The van der Waals surface area contributed by atoms with Gasteiger partial charge in [0.2, 0.25) is 5.91 Å². The summed E-state index contributed by atoms with van der Waals surface area (Å²) >= 11 is 3.41. The highest BCUT2D eigenvalue weighted by Gasteiger charge is 2.09. The molecule has 2 aromatic carbocycles. The van der Waals surface area contributed by atoms with Gasteiger partial charge in [0.05, 0.1) is 19.2 Å². The Morgan fingerprint density at radius 2 is 1.89 bits per heavy atom. The van der Waals surface area contributed by atoms with Crippen LogP contribution < -0.4 is 20.2 Å². The van der Waals surface area contributed by atoms with Gasteiger partial charge in [-0.15, -0.1) is 0 Å². The Hall–Kier alpha value is -2.87. The zero-order valence-corrected chi connectivity index (χ0v) is 17.5. The first-order valence-electron chi connectivity index (χ1n) is 8.53. The fraction of sp³-hybridized carbons (Fsp3) is 0.250. The van der Waals surface area contributed by atoms with Crippen LogP contribution in [-0.2, 0) is 9.59 Å². The van der Waals surface area contributed by atoms with Gasteiger partial charge in [0, 0.05) is 10.2 Å². The molecular weight excluding hydrogens is 426 g/mol. The van der Waals surface area contributed by atoms with Crippen molar-refractivity contribution in [3.8, 4) is 11.5 Å². The van der Waals surface area contributed by atoms with Crippen molar-refractivity contribution in [1.29, 1.82) is 0 Å². The minimum Gasteiger partial charge on any atom is -0.495 e. The zero-order chi connectivity index (χ0) is 20.5. The zero-order valence-electron chi connectivity index (χ0n) is 15.9. The van der Waals surface area contributed by atoms with Crippen molar-refractivity contribution in [2.45, 2.75) is 20.3 Å². The fourth-order valence-corrected chi connectivity index (χ4v) is 2.51. The summed E-state index contributed by atoms with van der Waals surface area (Å²) in [6.07, 6.45) is 0.0328. The average molecular weight is 448 g/mol. The van der Waals surface area contributed by atoms with Gasteiger partial charge in [-0.3, -0.25) is 9.59 Å². The van der Waals surface area contributed by atoms with E-state index in [9.17, 15) is 9.59 Å². The van der Waals surface area contributed by atoms with E-state index in [1.54, 1.807) is 31.2 Å². The van der Waals surface area contributed by atoms with E-state index < -0.39 is 5.91 Å². The number of ether oxygens (including phenoxy) is 2. The first kappa shape index (κ1) is 21.4. The Labute approximate surface area is 172 Å². The Bertz CT molecular complexity index is 884. The Morgan fingerprint density at radius 3 is 2.61 bits per heavy atom. The molecular formula is C20H22BrN3O4. The van der Waals surface area contributed by atoms with Crippen LogP contribution in [0.1, 0.15) is 18.9 Å². The third-order valence-electron chi connectivity index (χ3n) is 3.67. The Kier molecular flexibility index (Phi) is 8.01. The second-order valence-corrected chi connectivity index (χ2v) is 6.86. The summed E-state index contributed by atoms with van der Waals surface area (Å²) in [6.45, 7) is 3.41. The van der Waals surface area contributed by atoms with E-state index in [4.69, 9.17) is 9.47 Å². The lowest BCUT2D eigenvalue weighted by atomic mass is 10.2. The quantitative estimate of drug-likeness (QED) is 0.477. The number of aryl methyl sites for hydroxylation is 1. The van der Waals surface area contributed by atoms with Crippen molar-refractivity contribution in [2.75, 3.05) is 19.0 Å². The molecule has 0 aliphatic carbocycles. The number of hydrogen-bond donors (Lipinski definition) is 2. The van der Waals surface area contributed by atoms with Gasteiger partial charge in [0.15, 0.2) is 6.61 Å². The number of benzene rings is 2. The molecule has 0 bridgehead atoms. The predicted molar refractivity (Wildman–Crippen MR) is 112 cm³/mol. The second-order valence-electron chi connectivity index (χ2n) is 6.01. The van der Waals surface area contributed by atoms with Crippen LogP contribution in [0.4, 0.5) is 5.69 Å². The molecule has 0 unspecified atom stereocenters. The molecule has 0 radical (unpaired) electrons. The van der Waals surface area contributed by atoms with Gasteiger partial charge in [0.25, 0.3) is 5.91 Å². The summed E-state index contributed by atoms with van der Waals surface area (Å²) < 4.78 is 11.6. The smallest absolute Gasteiger partial charge is 0.277 e. The van der Waals surface area contributed by atoms with Crippen LogP contribution in [0.15, 0.2) is 52.0 Å². The summed E-state index contributed by atoms with van der Waals surface area (Å²) in [5.74, 6) is 0.485. The summed E-state index contributed by atoms with van der Waals surface area (Å²) in [6, 6.07) is 12.6. The number of rotatable bonds is 8. The Balaban J connectivity index is 1.80. The highest BCUT2D eigenvalue weighted by molar-refractivity contribution is 9.10. The van der Waals surface area contributed by atoms with E-state index in [-0.39, 0.29) is 18.9 Å². The van der Waals surface area contributed by atoms with E-state index in [2.05, 4.69) is 31.8 Å². The highest BCUT2D eigenvalue weighted by Crippen LogP contribution is 2.23. The number of para-hydroxylation sites is 2. The van der Waals surface area contributed by atoms with Crippen LogP contribution in [0, 0.1) is 6.92 Å². The molecule has 0 saturated heterocycles. The molecule has 0 atom stereocenters. The van der Waals surface area contributed by atoms with Gasteiger partial charge in [-0.25, -0.2) is 5.43 Å². The van der Waals surface area contributed by atoms with E-state index in [1.165, 1.54) is 7.11 Å². The topological polar surface area (TPSA) is 89.0 Å². The molecule has 0 heterocycles. The van der Waals surface area contributed by atoms with E-state index in [0.29, 0.717) is 22.9 Å². The summed E-state index contributed by atoms with van der Waals surface area (Å²) in [7, 11) is 1.53. The molecule has 148 valence electrons. The number of carbonyl (C=O) groups excluding carboxylic acids is 2. The number of nitrogens with zero attached hydrogens (tertiary/aromatic N) is 1. The molecule has 2 rings (SSSR count). The van der Waals surface area contributed by atoms with Crippen LogP contribution in [0.25, 0.3) is 0 Å². The first-order chi connectivity index (χ1) is 13.4. The maximum atomic E-state index is 12.1. The van der Waals surface area contributed by atoms with Gasteiger partial charge in [0.1, 0.15) is 11.5 Å². The first-order valence-corrected chi connectivity index (χ1v) is 9.32. The molecule has 0 aromatic heterocycles. The van der Waals surface area contributed by atoms with Crippen LogP contribution in [0.5, 0.6) is 11.5 Å². The highest BCUT2D eigenvalue weighted by atomic mass is 79.9. The van der Waals surface area contributed by atoms with Crippen LogP contribution >= 0.6 is 15.9 Å². The SMILES string of the molecule is COc1ccccc1NC(=O)C/C(C)=N/NC(=O)COc1ccc(Br)c(C)c1. The van der Waals surface area contributed by atoms with Crippen LogP contribution in [0.2, 0.25) is 0 Å². The molecule has 28 heavy (non-hydrogen) atoms. The lowest BCUT2D eigenvalue weighted by Crippen LogP contribution is -2.26. The van der Waals surface area contributed by atoms with Gasteiger partial charge in [-0.1, -0.05) is 28.1 Å². The van der Waals surface area contributed by atoms with Gasteiger partial charge in [-0.2, -0.15) is 5.10 Å². The molecule has 7 nitrogen and oxygen atoms in total. The molecule has 0 saturated carbocycles. The lowest BCUT2D eigenvalue weighted by Gasteiger charge is -2.10. The number of hydrogen-bond acceptors (Lipinski definition) is 5. The number of anilines is 1. The number of hydrazone groups is 1. The summed E-state index contributed by atoms with van der Waals surface area (Å²) in [4.78, 5) is 24.0. The van der Waals surface area contributed by atoms with E-state index >= 15 is 0 Å². The van der Waals surface area contributed by atoms with Crippen molar-refractivity contribution in [3.63, 3.8) is 0 Å². The predicted octanol–water partition coefficient (Wildman–Crippen LogP) is 3.67. The lowest BCUT2D eigenvalue weighted by molar-refractivity contribution is -0.123. The van der Waals surface area contributed by atoms with Gasteiger partial charge in [-0.05, 0) is 49.7 Å². The van der Waals surface area contributed by atoms with Crippen molar-refractivity contribution < 1.29 is 19.1 Å². The maximum Gasteiger partial charge on any atom is 0.277 e. The molecule has 8 heteroatoms. The molecule has 2 amide bonds. The van der Waals surface area contributed by atoms with Crippen molar-refractivity contribution >= 4 is 39.1 Å².